The summed E-state index contributed by atoms with van der Waals surface area (Å²) in [5, 5.41) is 18.4. The Balaban J connectivity index is 1.52. The second kappa shape index (κ2) is 7.48. The molecule has 0 saturated heterocycles. The van der Waals surface area contributed by atoms with Crippen LogP contribution in [-0.4, -0.2) is 22.5 Å². The van der Waals surface area contributed by atoms with Crippen molar-refractivity contribution in [2.75, 3.05) is 6.54 Å². The number of aliphatic hydroxyl groups is 1. The van der Waals surface area contributed by atoms with Crippen molar-refractivity contribution in [2.45, 2.75) is 5.60 Å². The highest BCUT2D eigenvalue weighted by molar-refractivity contribution is 7.13. The molecule has 0 fully saturated rings. The zero-order chi connectivity index (χ0) is 18.7. The van der Waals surface area contributed by atoms with E-state index in [4.69, 9.17) is 4.42 Å². The normalized spacial score (nSPS) is 13.2. The first-order valence-electron chi connectivity index (χ1n) is 8.25. The molecule has 4 rings (SSSR count). The molecule has 0 unspecified atom stereocenters. The maximum Gasteiger partial charge on any atom is 0.270 e. The number of amides is 1. The lowest BCUT2D eigenvalue weighted by molar-refractivity contribution is 0.0712. The molecule has 0 saturated carbocycles. The Morgan fingerprint density at radius 2 is 2.00 bits per heavy atom. The van der Waals surface area contributed by atoms with Gasteiger partial charge in [0.25, 0.3) is 5.91 Å². The number of benzene rings is 1. The maximum atomic E-state index is 12.6. The van der Waals surface area contributed by atoms with Crippen molar-refractivity contribution < 1.29 is 14.3 Å². The Morgan fingerprint density at radius 1 is 1.15 bits per heavy atom. The Morgan fingerprint density at radius 3 is 2.70 bits per heavy atom. The average Bonchev–Trinajstić information content (AvgIpc) is 3.48. The lowest BCUT2D eigenvalue weighted by Crippen LogP contribution is -2.41. The van der Waals surface area contributed by atoms with Gasteiger partial charge in [-0.2, -0.15) is 0 Å². The van der Waals surface area contributed by atoms with Crippen molar-refractivity contribution in [3.63, 3.8) is 0 Å². The molecule has 7 heteroatoms. The van der Waals surface area contributed by atoms with Crippen molar-refractivity contribution in [1.29, 1.82) is 0 Å². The van der Waals surface area contributed by atoms with Crippen LogP contribution in [0.1, 0.15) is 20.9 Å². The van der Waals surface area contributed by atoms with Gasteiger partial charge >= 0.3 is 0 Å². The third-order valence-corrected chi connectivity index (χ3v) is 6.10. The van der Waals surface area contributed by atoms with Gasteiger partial charge in [-0.1, -0.05) is 36.4 Å². The minimum absolute atomic E-state index is 0.0179. The van der Waals surface area contributed by atoms with Crippen LogP contribution < -0.4 is 5.32 Å². The van der Waals surface area contributed by atoms with Gasteiger partial charge in [-0.15, -0.1) is 22.7 Å². The number of nitrogens with one attached hydrogen (secondary N) is 1. The van der Waals surface area contributed by atoms with Crippen LogP contribution in [0.4, 0.5) is 0 Å². The van der Waals surface area contributed by atoms with Gasteiger partial charge < -0.3 is 14.8 Å². The zero-order valence-electron chi connectivity index (χ0n) is 14.2. The fourth-order valence-corrected chi connectivity index (χ4v) is 4.39. The number of carbonyl (C=O) groups is 1. The smallest absolute Gasteiger partial charge is 0.270 e. The van der Waals surface area contributed by atoms with Crippen molar-refractivity contribution in [1.82, 2.24) is 10.3 Å². The number of furan rings is 1. The number of thiazole rings is 1. The average molecular weight is 396 g/mol. The van der Waals surface area contributed by atoms with Crippen LogP contribution in [0.15, 0.2) is 76.2 Å². The summed E-state index contributed by atoms with van der Waals surface area (Å²) in [6.45, 7) is 0.0179. The Kier molecular flexibility index (Phi) is 4.89. The number of hydrogen-bond donors (Lipinski definition) is 2. The molecule has 0 spiro atoms. The predicted molar refractivity (Wildman–Crippen MR) is 106 cm³/mol. The van der Waals surface area contributed by atoms with Crippen LogP contribution in [0.25, 0.3) is 10.6 Å². The van der Waals surface area contributed by atoms with Crippen molar-refractivity contribution in [2.24, 2.45) is 0 Å². The number of thiophene rings is 1. The van der Waals surface area contributed by atoms with Gasteiger partial charge in [0.15, 0.2) is 0 Å². The van der Waals surface area contributed by atoms with E-state index >= 15 is 0 Å². The van der Waals surface area contributed by atoms with E-state index in [1.807, 2.05) is 47.8 Å². The third kappa shape index (κ3) is 3.57. The summed E-state index contributed by atoms with van der Waals surface area (Å²) in [5.41, 5.74) is 0.540. The van der Waals surface area contributed by atoms with Gasteiger partial charge in [-0.25, -0.2) is 4.98 Å². The van der Waals surface area contributed by atoms with E-state index in [2.05, 4.69) is 10.3 Å². The SMILES string of the molecule is O=C(NC[C@](O)(c1ccoc1)c1cccs1)c1csc(-c2ccccc2)n1. The van der Waals surface area contributed by atoms with Gasteiger partial charge in [0.1, 0.15) is 16.3 Å². The molecule has 0 bridgehead atoms. The summed E-state index contributed by atoms with van der Waals surface area (Å²) in [5.74, 6) is -0.327. The summed E-state index contributed by atoms with van der Waals surface area (Å²) in [6.07, 6.45) is 2.99. The monoisotopic (exact) mass is 396 g/mol. The summed E-state index contributed by atoms with van der Waals surface area (Å²) in [7, 11) is 0. The molecule has 27 heavy (non-hydrogen) atoms. The van der Waals surface area contributed by atoms with Crippen LogP contribution in [-0.2, 0) is 5.60 Å². The molecule has 1 aromatic carbocycles. The minimum atomic E-state index is -1.35. The van der Waals surface area contributed by atoms with E-state index in [-0.39, 0.29) is 12.5 Å². The standard InChI is InChI=1S/C20H16N2O3S2/c23-18(16-12-27-19(22-16)14-5-2-1-3-6-14)21-13-20(24,15-8-9-25-11-15)17-7-4-10-26-17/h1-12,24H,13H2,(H,21,23)/t20-/m0/s1. The topological polar surface area (TPSA) is 75.4 Å². The summed E-state index contributed by atoms with van der Waals surface area (Å²) < 4.78 is 5.12. The van der Waals surface area contributed by atoms with Gasteiger partial charge in [-0.3, -0.25) is 4.79 Å². The highest BCUT2D eigenvalue weighted by Crippen LogP contribution is 2.32. The lowest BCUT2D eigenvalue weighted by atomic mass is 9.94. The first kappa shape index (κ1) is 17.7. The molecule has 0 radical (unpaired) electrons. The van der Waals surface area contributed by atoms with Gasteiger partial charge in [0.2, 0.25) is 0 Å². The summed E-state index contributed by atoms with van der Waals surface area (Å²) in [6, 6.07) is 15.1. The van der Waals surface area contributed by atoms with E-state index in [0.717, 1.165) is 15.4 Å². The molecule has 2 N–H and O–H groups in total. The van der Waals surface area contributed by atoms with E-state index in [9.17, 15) is 9.90 Å². The van der Waals surface area contributed by atoms with Crippen LogP contribution in [0.3, 0.4) is 0 Å². The second-order valence-electron chi connectivity index (χ2n) is 5.94. The molecule has 4 aromatic rings. The number of rotatable bonds is 6. The summed E-state index contributed by atoms with van der Waals surface area (Å²) >= 11 is 2.83. The largest absolute Gasteiger partial charge is 0.472 e. The fourth-order valence-electron chi connectivity index (χ4n) is 2.74. The lowest BCUT2D eigenvalue weighted by Gasteiger charge is -2.26. The quantitative estimate of drug-likeness (QED) is 0.514. The molecule has 1 amide bonds. The summed E-state index contributed by atoms with van der Waals surface area (Å²) in [4.78, 5) is 17.7. The van der Waals surface area contributed by atoms with Crippen LogP contribution in [0.2, 0.25) is 0 Å². The van der Waals surface area contributed by atoms with E-state index in [0.29, 0.717) is 11.3 Å². The minimum Gasteiger partial charge on any atom is -0.472 e. The van der Waals surface area contributed by atoms with Crippen molar-refractivity contribution >= 4 is 28.6 Å². The predicted octanol–water partition coefficient (Wildman–Crippen LogP) is 4.13. The molecule has 5 nitrogen and oxygen atoms in total. The van der Waals surface area contributed by atoms with Gasteiger partial charge in [-0.05, 0) is 17.5 Å². The van der Waals surface area contributed by atoms with Crippen LogP contribution in [0.5, 0.6) is 0 Å². The second-order valence-corrected chi connectivity index (χ2v) is 7.74. The maximum absolute atomic E-state index is 12.6. The Labute approximate surface area is 163 Å². The van der Waals surface area contributed by atoms with E-state index < -0.39 is 5.60 Å². The van der Waals surface area contributed by atoms with Crippen molar-refractivity contribution in [3.05, 3.63) is 88.0 Å². The molecule has 0 aliphatic heterocycles. The molecule has 136 valence electrons. The van der Waals surface area contributed by atoms with Crippen LogP contribution >= 0.6 is 22.7 Å². The highest BCUT2D eigenvalue weighted by atomic mass is 32.1. The molecule has 0 aliphatic carbocycles. The van der Waals surface area contributed by atoms with Gasteiger partial charge in [0, 0.05) is 21.4 Å². The Hall–Kier alpha value is -2.74. The number of hydrogen-bond acceptors (Lipinski definition) is 6. The molecule has 3 heterocycles. The molecule has 3 aromatic heterocycles. The van der Waals surface area contributed by atoms with Crippen molar-refractivity contribution in [3.8, 4) is 10.6 Å². The highest BCUT2D eigenvalue weighted by Gasteiger charge is 2.34. The number of carbonyl (C=O) groups excluding carboxylic acids is 1. The molecule has 0 aliphatic rings. The van der Waals surface area contributed by atoms with E-state index in [1.165, 1.54) is 35.2 Å². The Bertz CT molecular complexity index is 975. The fraction of sp³-hybridized carbons (Fsp3) is 0.100. The third-order valence-electron chi connectivity index (χ3n) is 4.19. The molecule has 1 atom stereocenters. The first-order valence-corrected chi connectivity index (χ1v) is 10.0. The number of aromatic nitrogens is 1. The first-order chi connectivity index (χ1) is 13.2. The molecular formula is C20H16N2O3S2. The number of nitrogens with zero attached hydrogens (tertiary/aromatic N) is 1. The van der Waals surface area contributed by atoms with E-state index in [1.54, 1.807) is 11.4 Å². The van der Waals surface area contributed by atoms with Gasteiger partial charge in [0.05, 0.1) is 19.1 Å². The molecular weight excluding hydrogens is 380 g/mol. The van der Waals surface area contributed by atoms with Crippen LogP contribution in [0, 0.1) is 0 Å². The zero-order valence-corrected chi connectivity index (χ0v) is 15.8.